The molecule has 0 bridgehead atoms. The summed E-state index contributed by atoms with van der Waals surface area (Å²) in [4.78, 5) is 38.4. The molecule has 0 saturated carbocycles. The molecule has 3 aromatic carbocycles. The lowest BCUT2D eigenvalue weighted by molar-refractivity contribution is -0.113. The van der Waals surface area contributed by atoms with Crippen molar-refractivity contribution >= 4 is 34.9 Å². The zero-order valence-electron chi connectivity index (χ0n) is 14.6. The molecule has 0 radical (unpaired) electrons. The van der Waals surface area contributed by atoms with E-state index in [1.54, 1.807) is 60.7 Å². The summed E-state index contributed by atoms with van der Waals surface area (Å²) < 4.78 is 13.7. The number of amides is 1. The fourth-order valence-electron chi connectivity index (χ4n) is 3.14. The summed E-state index contributed by atoms with van der Waals surface area (Å²) in [5.41, 5.74) is 1.42. The summed E-state index contributed by atoms with van der Waals surface area (Å²) in [7, 11) is 0. The summed E-state index contributed by atoms with van der Waals surface area (Å²) in [6.07, 6.45) is 0. The van der Waals surface area contributed by atoms with Crippen molar-refractivity contribution < 1.29 is 18.8 Å². The van der Waals surface area contributed by atoms with E-state index in [1.807, 2.05) is 0 Å². The number of benzene rings is 3. The van der Waals surface area contributed by atoms with Crippen molar-refractivity contribution in [2.45, 2.75) is 4.90 Å². The molecule has 4 nitrogen and oxygen atoms in total. The lowest BCUT2D eigenvalue weighted by Crippen LogP contribution is -2.24. The molecule has 6 heteroatoms. The maximum absolute atomic E-state index is 13.7. The lowest BCUT2D eigenvalue weighted by Gasteiger charge is -2.20. The highest BCUT2D eigenvalue weighted by Crippen LogP contribution is 2.32. The molecule has 0 spiro atoms. The number of hydrogen-bond donors (Lipinski definition) is 1. The number of thioether (sulfide) groups is 1. The molecule has 1 aliphatic carbocycles. The summed E-state index contributed by atoms with van der Waals surface area (Å²) >= 11 is 1.06. The minimum Gasteiger partial charge on any atom is -0.325 e. The minimum absolute atomic E-state index is 0.0245. The highest BCUT2D eigenvalue weighted by molar-refractivity contribution is 8.00. The second-order valence-corrected chi connectivity index (χ2v) is 7.22. The second kappa shape index (κ2) is 7.40. The van der Waals surface area contributed by atoms with Crippen LogP contribution in [0.4, 0.5) is 10.1 Å². The maximum Gasteiger partial charge on any atom is 0.234 e. The van der Waals surface area contributed by atoms with E-state index in [-0.39, 0.29) is 40.0 Å². The third kappa shape index (κ3) is 3.23. The lowest BCUT2D eigenvalue weighted by atomic mass is 9.83. The van der Waals surface area contributed by atoms with E-state index in [2.05, 4.69) is 5.32 Å². The first-order valence-corrected chi connectivity index (χ1v) is 9.53. The molecule has 0 fully saturated rings. The Balaban J connectivity index is 1.59. The molecule has 3 aromatic rings. The van der Waals surface area contributed by atoms with Gasteiger partial charge in [-0.3, -0.25) is 14.4 Å². The van der Waals surface area contributed by atoms with Gasteiger partial charge in [-0.2, -0.15) is 0 Å². The third-order valence-electron chi connectivity index (χ3n) is 4.42. The molecule has 0 unspecified atom stereocenters. The number of anilines is 1. The first kappa shape index (κ1) is 18.1. The van der Waals surface area contributed by atoms with Crippen LogP contribution in [0.3, 0.4) is 0 Å². The number of carbonyl (C=O) groups is 3. The van der Waals surface area contributed by atoms with Crippen molar-refractivity contribution in [3.63, 3.8) is 0 Å². The summed E-state index contributed by atoms with van der Waals surface area (Å²) in [6, 6.07) is 17.6. The number of ketones is 2. The molecule has 0 saturated heterocycles. The van der Waals surface area contributed by atoms with Gasteiger partial charge in [-0.25, -0.2) is 4.39 Å². The van der Waals surface area contributed by atoms with Crippen LogP contribution in [0.1, 0.15) is 31.8 Å². The number of rotatable bonds is 4. The SMILES string of the molecule is O=C(CSc1ccccc1F)Nc1cccc2c1C(=O)c1ccccc1C2=O. The average molecular weight is 391 g/mol. The Kier molecular flexibility index (Phi) is 4.79. The van der Waals surface area contributed by atoms with Crippen molar-refractivity contribution in [3.05, 3.63) is 94.8 Å². The molecular formula is C22H14FNO3S. The Labute approximate surface area is 164 Å². The average Bonchev–Trinajstić information content (AvgIpc) is 2.71. The molecule has 0 atom stereocenters. The van der Waals surface area contributed by atoms with Crippen LogP contribution in [0.2, 0.25) is 0 Å². The van der Waals surface area contributed by atoms with Gasteiger partial charge in [0.05, 0.1) is 17.0 Å². The van der Waals surface area contributed by atoms with E-state index in [0.29, 0.717) is 16.0 Å². The third-order valence-corrected chi connectivity index (χ3v) is 5.47. The number of hydrogen-bond acceptors (Lipinski definition) is 4. The van der Waals surface area contributed by atoms with E-state index < -0.39 is 5.82 Å². The molecule has 28 heavy (non-hydrogen) atoms. The van der Waals surface area contributed by atoms with Gasteiger partial charge in [0.2, 0.25) is 5.91 Å². The zero-order chi connectivity index (χ0) is 19.7. The van der Waals surface area contributed by atoms with Crippen LogP contribution in [-0.4, -0.2) is 23.2 Å². The van der Waals surface area contributed by atoms with Crippen molar-refractivity contribution in [1.82, 2.24) is 0 Å². The normalized spacial score (nSPS) is 12.3. The van der Waals surface area contributed by atoms with Gasteiger partial charge in [-0.15, -0.1) is 11.8 Å². The predicted molar refractivity (Wildman–Crippen MR) is 106 cm³/mol. The quantitative estimate of drug-likeness (QED) is 0.526. The van der Waals surface area contributed by atoms with Crippen LogP contribution in [0.5, 0.6) is 0 Å². The van der Waals surface area contributed by atoms with E-state index in [4.69, 9.17) is 0 Å². The maximum atomic E-state index is 13.7. The smallest absolute Gasteiger partial charge is 0.234 e. The first-order valence-electron chi connectivity index (χ1n) is 8.55. The van der Waals surface area contributed by atoms with E-state index in [1.165, 1.54) is 6.07 Å². The Bertz CT molecular complexity index is 1130. The van der Waals surface area contributed by atoms with Crippen LogP contribution >= 0.6 is 11.8 Å². The molecule has 0 aromatic heterocycles. The van der Waals surface area contributed by atoms with Crippen LogP contribution in [0.25, 0.3) is 0 Å². The summed E-state index contributed by atoms with van der Waals surface area (Å²) in [6.45, 7) is 0. The van der Waals surface area contributed by atoms with Crippen LogP contribution in [0.15, 0.2) is 71.6 Å². The zero-order valence-corrected chi connectivity index (χ0v) is 15.4. The highest BCUT2D eigenvalue weighted by Gasteiger charge is 2.31. The van der Waals surface area contributed by atoms with Crippen molar-refractivity contribution in [2.24, 2.45) is 0 Å². The Morgan fingerprint density at radius 2 is 1.46 bits per heavy atom. The highest BCUT2D eigenvalue weighted by atomic mass is 32.2. The fraction of sp³-hybridized carbons (Fsp3) is 0.0455. The van der Waals surface area contributed by atoms with Gasteiger partial charge in [-0.05, 0) is 18.2 Å². The molecule has 1 amide bonds. The van der Waals surface area contributed by atoms with Crippen LogP contribution < -0.4 is 5.32 Å². The number of carbonyl (C=O) groups excluding carboxylic acids is 3. The Hall–Kier alpha value is -3.25. The van der Waals surface area contributed by atoms with Crippen LogP contribution in [-0.2, 0) is 4.79 Å². The van der Waals surface area contributed by atoms with Gasteiger partial charge in [0.15, 0.2) is 11.6 Å². The molecule has 1 aliphatic rings. The second-order valence-electron chi connectivity index (χ2n) is 6.20. The summed E-state index contributed by atoms with van der Waals surface area (Å²) in [5.74, 6) is -1.36. The van der Waals surface area contributed by atoms with Gasteiger partial charge in [0.1, 0.15) is 5.82 Å². The number of fused-ring (bicyclic) bond motifs is 2. The van der Waals surface area contributed by atoms with Gasteiger partial charge >= 0.3 is 0 Å². The van der Waals surface area contributed by atoms with Gasteiger partial charge < -0.3 is 5.32 Å². The predicted octanol–water partition coefficient (Wildman–Crippen LogP) is 4.33. The monoisotopic (exact) mass is 391 g/mol. The van der Waals surface area contributed by atoms with Crippen LogP contribution in [0, 0.1) is 5.82 Å². The van der Waals surface area contributed by atoms with E-state index >= 15 is 0 Å². The van der Waals surface area contributed by atoms with Gasteiger partial charge in [0, 0.05) is 21.6 Å². The molecule has 138 valence electrons. The van der Waals surface area contributed by atoms with Gasteiger partial charge in [0.25, 0.3) is 0 Å². The van der Waals surface area contributed by atoms with E-state index in [0.717, 1.165) is 11.8 Å². The fourth-order valence-corrected chi connectivity index (χ4v) is 3.88. The Morgan fingerprint density at radius 3 is 2.21 bits per heavy atom. The topological polar surface area (TPSA) is 63.2 Å². The number of nitrogens with one attached hydrogen (secondary N) is 1. The Morgan fingerprint density at radius 1 is 0.821 bits per heavy atom. The van der Waals surface area contributed by atoms with Crippen molar-refractivity contribution in [2.75, 3.05) is 11.1 Å². The standard InChI is InChI=1S/C22H14FNO3S/c23-16-9-3-4-11-18(16)28-12-19(25)24-17-10-5-8-15-20(17)22(27)14-7-2-1-6-13(14)21(15)26/h1-11H,12H2,(H,24,25). The van der Waals surface area contributed by atoms with Crippen molar-refractivity contribution in [3.8, 4) is 0 Å². The molecule has 0 aliphatic heterocycles. The van der Waals surface area contributed by atoms with Crippen molar-refractivity contribution in [1.29, 1.82) is 0 Å². The number of halogens is 1. The molecular weight excluding hydrogens is 377 g/mol. The first-order chi connectivity index (χ1) is 13.6. The summed E-state index contributed by atoms with van der Waals surface area (Å²) in [5, 5.41) is 2.69. The van der Waals surface area contributed by atoms with Gasteiger partial charge in [-0.1, -0.05) is 48.5 Å². The largest absolute Gasteiger partial charge is 0.325 e. The molecule has 4 rings (SSSR count). The van der Waals surface area contributed by atoms with E-state index in [9.17, 15) is 18.8 Å². The molecule has 1 N–H and O–H groups in total. The molecule has 0 heterocycles. The minimum atomic E-state index is -0.394.